The van der Waals surface area contributed by atoms with E-state index in [1.165, 1.54) is 0 Å². The Morgan fingerprint density at radius 1 is 0.389 bits per heavy atom. The van der Waals surface area contributed by atoms with Gasteiger partial charge in [0.25, 0.3) is 0 Å². The molecule has 6 aromatic carbocycles. The fraction of sp³-hybridized carbons (Fsp3) is 0. The Morgan fingerprint density at radius 3 is 0.931 bits per heavy atom. The van der Waals surface area contributed by atoms with Crippen LogP contribution in [0.3, 0.4) is 0 Å². The van der Waals surface area contributed by atoms with Crippen LogP contribution in [0.2, 0.25) is 0 Å². The number of fused-ring (bicyclic) bond motifs is 2. The number of phenolic OH excluding ortho intramolecular Hbond substituents is 2. The molecule has 1 radical (unpaired) electrons. The molecule has 0 saturated heterocycles. The second-order valence-corrected chi connectivity index (χ2v) is 21.3. The standard InChI is InChI=1S/C34H26N6O20S6.6Na/c35-31-27(65(55,56)57)13-25(63(49,50)51)19-7-9-21(33(41)29(19)31)39-37-17-5-3-15(23(11-17)61(43,44)45)1-2-16-4-6-18(12-24(16)62(46,47)48)38-40-22-10-8-20-26(64(52,53)54)14-28(66(58,59)60)32(36)30(20)34(22)42;;;;;;/h1-14,41-42H,35-36H2,(H,43,44,45)(H,46,47,48)(H,49,50,51)(H,52,53,54)(H,55,56,57)(H,58,59,60);;;;;;/q;;5*+1/p-6. The number of aromatic hydroxyl groups is 2. The number of phenols is 2. The van der Waals surface area contributed by atoms with Gasteiger partial charge in [-0.1, -0.05) is 36.4 Å². The third kappa shape index (κ3) is 16.0. The van der Waals surface area contributed by atoms with Gasteiger partial charge in [-0.15, -0.1) is 10.2 Å². The topological polar surface area (TPSA) is 485 Å². The maximum absolute atomic E-state index is 12.3. The number of azo groups is 2. The molecule has 0 heterocycles. The molecular formula is C34H20N6Na6O20S6-. The van der Waals surface area contributed by atoms with Gasteiger partial charge in [0, 0.05) is 40.3 Å². The van der Waals surface area contributed by atoms with Crippen LogP contribution in [-0.4, -0.2) is 118 Å². The Kier molecular flexibility index (Phi) is 26.2. The number of nitrogens with zero attached hydrogens (tertiary/aromatic N) is 4. The quantitative estimate of drug-likeness (QED) is 0.0291. The van der Waals surface area contributed by atoms with E-state index >= 15 is 0 Å². The average Bonchev–Trinajstić information content (AvgIpc) is 3.17. The molecule has 0 spiro atoms. The van der Waals surface area contributed by atoms with Crippen molar-refractivity contribution in [1.82, 2.24) is 0 Å². The fourth-order valence-electron chi connectivity index (χ4n) is 6.18. The summed E-state index contributed by atoms with van der Waals surface area (Å²) in [4.78, 5) is -7.21. The predicted molar refractivity (Wildman–Crippen MR) is 224 cm³/mol. The van der Waals surface area contributed by atoms with Crippen LogP contribution in [0.15, 0.2) is 123 Å². The molecule has 72 heavy (non-hydrogen) atoms. The van der Waals surface area contributed by atoms with Crippen molar-refractivity contribution in [3.63, 3.8) is 0 Å². The summed E-state index contributed by atoms with van der Waals surface area (Å²) < 4.78 is 216. The van der Waals surface area contributed by atoms with E-state index in [0.29, 0.717) is 12.1 Å². The largest absolute Gasteiger partial charge is 1.00 e. The zero-order chi connectivity index (χ0) is 49.3. The Balaban J connectivity index is 0.00000840. The molecule has 0 unspecified atom stereocenters. The number of hydrogen-bond acceptors (Lipinski definition) is 26. The Hall–Kier alpha value is -0.560. The number of hydrogen-bond donors (Lipinski definition) is 4. The number of rotatable bonds is 12. The van der Waals surface area contributed by atoms with Crippen LogP contribution < -0.4 is 159 Å². The van der Waals surface area contributed by atoms with E-state index in [1.807, 2.05) is 0 Å². The van der Waals surface area contributed by atoms with Crippen LogP contribution >= 0.6 is 0 Å². The minimum atomic E-state index is -5.52. The van der Waals surface area contributed by atoms with Crippen LogP contribution in [0, 0.1) is 0 Å². The van der Waals surface area contributed by atoms with Crippen molar-refractivity contribution in [2.24, 2.45) is 20.5 Å². The molecule has 6 aromatic rings. The van der Waals surface area contributed by atoms with Crippen molar-refractivity contribution in [2.75, 3.05) is 11.5 Å². The Bertz CT molecular complexity index is 3690. The van der Waals surface area contributed by atoms with Gasteiger partial charge in [-0.2, -0.15) is 10.2 Å². The van der Waals surface area contributed by atoms with Gasteiger partial charge in [-0.25, -0.2) is 50.5 Å². The molecule has 0 aromatic heterocycles. The molecule has 0 atom stereocenters. The van der Waals surface area contributed by atoms with Gasteiger partial charge in [0.05, 0.1) is 62.9 Å². The van der Waals surface area contributed by atoms with Crippen molar-refractivity contribution in [3.05, 3.63) is 83.9 Å². The summed E-state index contributed by atoms with van der Waals surface area (Å²) >= 11 is 0. The first-order valence-corrected chi connectivity index (χ1v) is 25.4. The van der Waals surface area contributed by atoms with E-state index in [0.717, 1.165) is 60.7 Å². The molecule has 0 aliphatic carbocycles. The molecule has 0 bridgehead atoms. The predicted octanol–water partition coefficient (Wildman–Crippen LogP) is -12.4. The van der Waals surface area contributed by atoms with Crippen molar-refractivity contribution >= 4 is 158 Å². The third-order valence-corrected chi connectivity index (χ3v) is 14.3. The minimum absolute atomic E-state index is 0. The number of nitrogens with two attached hydrogens (primary N) is 2. The Labute approximate surface area is 541 Å². The second-order valence-electron chi connectivity index (χ2n) is 13.2. The fourth-order valence-corrected chi connectivity index (χ4v) is 10.4. The van der Waals surface area contributed by atoms with E-state index in [4.69, 9.17) is 11.5 Å². The molecule has 38 heteroatoms. The molecule has 0 amide bonds. The summed E-state index contributed by atoms with van der Waals surface area (Å²) in [5, 5.41) is 33.6. The monoisotopic (exact) mass is 1160 g/mol. The van der Waals surface area contributed by atoms with Crippen LogP contribution in [0.1, 0.15) is 11.1 Å². The summed E-state index contributed by atoms with van der Waals surface area (Å²) in [6, 6.07) is 9.25. The van der Waals surface area contributed by atoms with Crippen molar-refractivity contribution in [1.29, 1.82) is 0 Å². The van der Waals surface area contributed by atoms with E-state index in [2.05, 4.69) is 20.5 Å². The van der Waals surface area contributed by atoms with E-state index in [1.54, 1.807) is 0 Å². The molecule has 0 fully saturated rings. The maximum atomic E-state index is 12.3. The second kappa shape index (κ2) is 26.4. The molecular weight excluding hydrogens is 1140 g/mol. The van der Waals surface area contributed by atoms with Crippen LogP contribution in [0.5, 0.6) is 11.5 Å². The smallest absolute Gasteiger partial charge is 0.744 e. The van der Waals surface area contributed by atoms with Gasteiger partial charge in [-0.3, -0.25) is 0 Å². The first-order valence-electron chi connectivity index (χ1n) is 16.9. The molecule has 6 N–H and O–H groups in total. The maximum Gasteiger partial charge on any atom is 1.00 e. The summed E-state index contributed by atoms with van der Waals surface area (Å²) in [5.41, 5.74) is 6.67. The van der Waals surface area contributed by atoms with Crippen molar-refractivity contribution in [2.45, 2.75) is 29.4 Å². The van der Waals surface area contributed by atoms with E-state index in [9.17, 15) is 88.0 Å². The zero-order valence-corrected chi connectivity index (χ0v) is 54.6. The van der Waals surface area contributed by atoms with Crippen molar-refractivity contribution < 1.29 is 236 Å². The van der Waals surface area contributed by atoms with Gasteiger partial charge in [0.15, 0.2) is 11.5 Å². The average molecular weight is 1160 g/mol. The summed E-state index contributed by atoms with van der Waals surface area (Å²) in [6.07, 6.45) is 1.78. The first kappa shape index (κ1) is 71.4. The van der Waals surface area contributed by atoms with Crippen molar-refractivity contribution in [3.8, 4) is 11.5 Å². The SMILES string of the molecule is Nc1c(S(=O)(=O)[O-])cc(S(=O)(=O)[O-])c2ccc(N=Nc3ccc(C=Cc4ccc(N=Nc5ccc6c(S(=O)(=O)[O-])cc(S(=O)(=O)[O-])c(N)c6c5O)cc4S(=O)(=O)[O-])c(S(=O)(=O)[O-])c3)c(O)c12.[Na+].[Na+].[Na+].[Na+].[Na+].[Na]. The normalized spacial score (nSPS) is 12.4. The van der Waals surface area contributed by atoms with Gasteiger partial charge in [0.1, 0.15) is 72.1 Å². The summed E-state index contributed by atoms with van der Waals surface area (Å²) in [6.45, 7) is 0. The van der Waals surface area contributed by atoms with Crippen LogP contribution in [0.4, 0.5) is 34.1 Å². The molecule has 0 aliphatic rings. The van der Waals surface area contributed by atoms with Gasteiger partial charge in [-0.05, 0) is 59.7 Å². The third-order valence-electron chi connectivity index (χ3n) is 9.04. The van der Waals surface area contributed by atoms with Gasteiger partial charge in [0.2, 0.25) is 0 Å². The molecule has 0 saturated carbocycles. The minimum Gasteiger partial charge on any atom is -0.744 e. The molecule has 349 valence electrons. The van der Waals surface area contributed by atoms with E-state index < -0.39 is 168 Å². The Morgan fingerprint density at radius 2 is 0.667 bits per heavy atom. The molecule has 26 nitrogen and oxygen atoms in total. The summed E-state index contributed by atoms with van der Waals surface area (Å²) in [7, 11) is -32.8. The molecule has 6 rings (SSSR count). The van der Waals surface area contributed by atoms with Crippen LogP contribution in [0.25, 0.3) is 33.7 Å². The van der Waals surface area contributed by atoms with Crippen LogP contribution in [-0.2, 0) is 60.7 Å². The number of benzene rings is 6. The van der Waals surface area contributed by atoms with E-state index in [-0.39, 0.29) is 189 Å². The first-order chi connectivity index (χ1) is 30.2. The molecule has 0 aliphatic heterocycles. The number of anilines is 2. The van der Waals surface area contributed by atoms with Gasteiger partial charge < -0.3 is 49.0 Å². The zero-order valence-electron chi connectivity index (χ0n) is 37.7. The summed E-state index contributed by atoms with van der Waals surface area (Å²) in [5.74, 6) is -2.17. The number of nitrogen functional groups attached to an aromatic ring is 2. The van der Waals surface area contributed by atoms with Gasteiger partial charge >= 0.3 is 148 Å².